The molecule has 0 heterocycles. The Balaban J connectivity index is 1.79. The van der Waals surface area contributed by atoms with Crippen LogP contribution in [-0.4, -0.2) is 17.8 Å². The lowest BCUT2D eigenvalue weighted by Gasteiger charge is -2.19. The molecule has 0 aliphatic carbocycles. The van der Waals surface area contributed by atoms with Crippen LogP contribution in [0.2, 0.25) is 0 Å². The Hall–Kier alpha value is -2.07. The van der Waals surface area contributed by atoms with Crippen molar-refractivity contribution < 1.29 is 4.74 Å². The summed E-state index contributed by atoms with van der Waals surface area (Å²) in [5.41, 5.74) is 4.68. The number of anilines is 1. The lowest BCUT2D eigenvalue weighted by Crippen LogP contribution is -2.39. The summed E-state index contributed by atoms with van der Waals surface area (Å²) in [7, 11) is 0. The number of thiocarbonyl (C=S) groups is 1. The lowest BCUT2D eigenvalue weighted by atomic mass is 10.1. The minimum atomic E-state index is 0.109. The van der Waals surface area contributed by atoms with Gasteiger partial charge in [0, 0.05) is 5.69 Å². The largest absolute Gasteiger partial charge is 0.491 e. The second-order valence-electron chi connectivity index (χ2n) is 6.83. The predicted octanol–water partition coefficient (Wildman–Crippen LogP) is 5.40. The molecular formula is C22H30N2OS. The van der Waals surface area contributed by atoms with Crippen molar-refractivity contribution in [1.82, 2.24) is 5.32 Å². The van der Waals surface area contributed by atoms with Gasteiger partial charge in [0.15, 0.2) is 5.11 Å². The van der Waals surface area contributed by atoms with Crippen LogP contribution < -0.4 is 15.4 Å². The predicted molar refractivity (Wildman–Crippen MR) is 115 cm³/mol. The summed E-state index contributed by atoms with van der Waals surface area (Å²) in [5, 5.41) is 7.14. The van der Waals surface area contributed by atoms with Gasteiger partial charge in [-0.1, -0.05) is 43.7 Å². The van der Waals surface area contributed by atoms with Crippen molar-refractivity contribution in [1.29, 1.82) is 0 Å². The van der Waals surface area contributed by atoms with E-state index in [0.29, 0.717) is 11.7 Å². The summed E-state index contributed by atoms with van der Waals surface area (Å²) in [6.07, 6.45) is 3.58. The number of benzene rings is 2. The first kappa shape index (κ1) is 20.2. The van der Waals surface area contributed by atoms with E-state index in [4.69, 9.17) is 17.0 Å². The minimum Gasteiger partial charge on any atom is -0.491 e. The SMILES string of the molecule is CCCCc1ccc(NC(=S)NC(C)COc2c(C)cccc2C)cc1. The van der Waals surface area contributed by atoms with Gasteiger partial charge in [-0.3, -0.25) is 0 Å². The highest BCUT2D eigenvalue weighted by molar-refractivity contribution is 7.80. The normalized spacial score (nSPS) is 11.7. The number of rotatable bonds is 8. The molecule has 0 aromatic heterocycles. The summed E-state index contributed by atoms with van der Waals surface area (Å²) in [6, 6.07) is 14.8. The minimum absolute atomic E-state index is 0.109. The van der Waals surface area contributed by atoms with Crippen LogP contribution in [0.25, 0.3) is 0 Å². The summed E-state index contributed by atoms with van der Waals surface area (Å²) in [6.45, 7) is 8.97. The second kappa shape index (κ2) is 10.2. The average molecular weight is 371 g/mol. The Morgan fingerprint density at radius 1 is 1.08 bits per heavy atom. The molecule has 0 aliphatic heterocycles. The van der Waals surface area contributed by atoms with Crippen LogP contribution in [0.1, 0.15) is 43.4 Å². The molecule has 0 amide bonds. The first-order valence-electron chi connectivity index (χ1n) is 9.35. The van der Waals surface area contributed by atoms with Gasteiger partial charge in [0.05, 0.1) is 6.04 Å². The van der Waals surface area contributed by atoms with Crippen LogP contribution >= 0.6 is 12.2 Å². The molecule has 0 saturated carbocycles. The molecule has 3 nitrogen and oxygen atoms in total. The van der Waals surface area contributed by atoms with Gasteiger partial charge in [-0.15, -0.1) is 0 Å². The number of para-hydroxylation sites is 1. The maximum atomic E-state index is 5.98. The van der Waals surface area contributed by atoms with Gasteiger partial charge in [-0.05, 0) is 74.7 Å². The topological polar surface area (TPSA) is 33.3 Å². The molecule has 0 radical (unpaired) electrons. The van der Waals surface area contributed by atoms with Gasteiger partial charge in [0.2, 0.25) is 0 Å². The zero-order valence-corrected chi connectivity index (χ0v) is 17.1. The highest BCUT2D eigenvalue weighted by Gasteiger charge is 2.08. The summed E-state index contributed by atoms with van der Waals surface area (Å²) >= 11 is 5.42. The van der Waals surface area contributed by atoms with Gasteiger partial charge in [-0.2, -0.15) is 0 Å². The van der Waals surface area contributed by atoms with E-state index in [-0.39, 0.29) is 6.04 Å². The molecule has 2 aromatic carbocycles. The van der Waals surface area contributed by atoms with E-state index < -0.39 is 0 Å². The van der Waals surface area contributed by atoms with Gasteiger partial charge < -0.3 is 15.4 Å². The van der Waals surface area contributed by atoms with Crippen LogP contribution in [-0.2, 0) is 6.42 Å². The summed E-state index contributed by atoms with van der Waals surface area (Å²) < 4.78 is 5.98. The van der Waals surface area contributed by atoms with E-state index >= 15 is 0 Å². The number of hydrogen-bond acceptors (Lipinski definition) is 2. The second-order valence-corrected chi connectivity index (χ2v) is 7.24. The molecule has 4 heteroatoms. The summed E-state index contributed by atoms with van der Waals surface area (Å²) in [5.74, 6) is 0.961. The number of ether oxygens (including phenoxy) is 1. The molecule has 0 aliphatic rings. The van der Waals surface area contributed by atoms with E-state index in [1.54, 1.807) is 0 Å². The van der Waals surface area contributed by atoms with E-state index in [1.165, 1.54) is 18.4 Å². The molecule has 1 unspecified atom stereocenters. The Morgan fingerprint density at radius 2 is 1.73 bits per heavy atom. The fourth-order valence-corrected chi connectivity index (χ4v) is 3.12. The number of aryl methyl sites for hydroxylation is 3. The fraction of sp³-hybridized carbons (Fsp3) is 0.409. The Labute approximate surface area is 163 Å². The Kier molecular flexibility index (Phi) is 7.92. The maximum absolute atomic E-state index is 5.98. The highest BCUT2D eigenvalue weighted by Crippen LogP contribution is 2.22. The van der Waals surface area contributed by atoms with Crippen molar-refractivity contribution >= 4 is 23.0 Å². The average Bonchev–Trinajstić information content (AvgIpc) is 2.60. The molecule has 1 atom stereocenters. The van der Waals surface area contributed by atoms with E-state index in [1.807, 2.05) is 6.07 Å². The number of unbranched alkanes of at least 4 members (excludes halogenated alkanes) is 1. The molecule has 26 heavy (non-hydrogen) atoms. The third-order valence-electron chi connectivity index (χ3n) is 4.29. The maximum Gasteiger partial charge on any atom is 0.171 e. The summed E-state index contributed by atoms with van der Waals surface area (Å²) in [4.78, 5) is 0. The monoisotopic (exact) mass is 370 g/mol. The quantitative estimate of drug-likeness (QED) is 0.610. The first-order chi connectivity index (χ1) is 12.5. The molecule has 2 aromatic rings. The molecule has 0 fully saturated rings. The van der Waals surface area contributed by atoms with Crippen molar-refractivity contribution in [2.75, 3.05) is 11.9 Å². The van der Waals surface area contributed by atoms with Gasteiger partial charge >= 0.3 is 0 Å². The number of hydrogen-bond donors (Lipinski definition) is 2. The van der Waals surface area contributed by atoms with E-state index in [0.717, 1.165) is 29.0 Å². The highest BCUT2D eigenvalue weighted by atomic mass is 32.1. The third-order valence-corrected chi connectivity index (χ3v) is 4.51. The van der Waals surface area contributed by atoms with E-state index in [2.05, 4.69) is 74.7 Å². The van der Waals surface area contributed by atoms with Crippen molar-refractivity contribution in [3.05, 3.63) is 59.2 Å². The third kappa shape index (κ3) is 6.34. The molecular weight excluding hydrogens is 340 g/mol. The van der Waals surface area contributed by atoms with Gasteiger partial charge in [0.1, 0.15) is 12.4 Å². The van der Waals surface area contributed by atoms with Crippen LogP contribution in [0.4, 0.5) is 5.69 Å². The van der Waals surface area contributed by atoms with Crippen molar-refractivity contribution in [3.63, 3.8) is 0 Å². The lowest BCUT2D eigenvalue weighted by molar-refractivity contribution is 0.283. The van der Waals surface area contributed by atoms with Crippen molar-refractivity contribution in [2.24, 2.45) is 0 Å². The molecule has 0 saturated heterocycles. The van der Waals surface area contributed by atoms with Crippen LogP contribution in [0.5, 0.6) is 5.75 Å². The van der Waals surface area contributed by atoms with Crippen molar-refractivity contribution in [3.8, 4) is 5.75 Å². The standard InChI is InChI=1S/C22H30N2OS/c1-5-6-10-19-11-13-20(14-12-19)24-22(26)23-18(4)15-25-21-16(2)8-7-9-17(21)3/h7-9,11-14,18H,5-6,10,15H2,1-4H3,(H2,23,24,26). The molecule has 0 bridgehead atoms. The van der Waals surface area contributed by atoms with Gasteiger partial charge in [0.25, 0.3) is 0 Å². The Morgan fingerprint density at radius 3 is 2.35 bits per heavy atom. The van der Waals surface area contributed by atoms with Crippen LogP contribution in [0, 0.1) is 13.8 Å². The zero-order chi connectivity index (χ0) is 18.9. The van der Waals surface area contributed by atoms with Crippen LogP contribution in [0.3, 0.4) is 0 Å². The van der Waals surface area contributed by atoms with Crippen molar-refractivity contribution in [2.45, 2.75) is 53.0 Å². The molecule has 0 spiro atoms. The smallest absolute Gasteiger partial charge is 0.171 e. The van der Waals surface area contributed by atoms with Gasteiger partial charge in [-0.25, -0.2) is 0 Å². The number of nitrogens with one attached hydrogen (secondary N) is 2. The fourth-order valence-electron chi connectivity index (χ4n) is 2.80. The molecule has 140 valence electrons. The first-order valence-corrected chi connectivity index (χ1v) is 9.76. The zero-order valence-electron chi connectivity index (χ0n) is 16.3. The molecule has 2 N–H and O–H groups in total. The molecule has 2 rings (SSSR count). The van der Waals surface area contributed by atoms with Crippen LogP contribution in [0.15, 0.2) is 42.5 Å². The van der Waals surface area contributed by atoms with E-state index in [9.17, 15) is 0 Å². The Bertz CT molecular complexity index is 692.